The zero-order valence-corrected chi connectivity index (χ0v) is 10.5. The van der Waals surface area contributed by atoms with Gasteiger partial charge in [-0.1, -0.05) is 13.0 Å². The number of nitrogens with zero attached hydrogens (tertiary/aromatic N) is 2. The van der Waals surface area contributed by atoms with E-state index < -0.39 is 0 Å². The van der Waals surface area contributed by atoms with Crippen LogP contribution in [0.3, 0.4) is 0 Å². The topological polar surface area (TPSA) is 33.2 Å². The van der Waals surface area contributed by atoms with Crippen molar-refractivity contribution in [2.24, 2.45) is 5.92 Å². The molecular formula is C15H16N2O. The van der Waals surface area contributed by atoms with Gasteiger partial charge in [0.05, 0.1) is 5.52 Å². The van der Waals surface area contributed by atoms with Gasteiger partial charge in [-0.3, -0.25) is 9.78 Å². The summed E-state index contributed by atoms with van der Waals surface area (Å²) in [5, 5.41) is 1.15. The van der Waals surface area contributed by atoms with Crippen molar-refractivity contribution in [3.8, 4) is 0 Å². The Kier molecular flexibility index (Phi) is 2.74. The minimum atomic E-state index is 0.142. The SMILES string of the molecule is CC1CN(c2ccc3ncccc3c2)CCC1=O. The molecule has 0 amide bonds. The Morgan fingerprint density at radius 3 is 3.06 bits per heavy atom. The molecule has 18 heavy (non-hydrogen) atoms. The molecule has 3 nitrogen and oxygen atoms in total. The first-order chi connectivity index (χ1) is 8.74. The van der Waals surface area contributed by atoms with Crippen LogP contribution in [0.5, 0.6) is 0 Å². The molecule has 1 fully saturated rings. The van der Waals surface area contributed by atoms with E-state index in [2.05, 4.69) is 28.1 Å². The molecule has 0 spiro atoms. The number of carbonyl (C=O) groups is 1. The highest BCUT2D eigenvalue weighted by molar-refractivity contribution is 5.85. The average Bonchev–Trinajstić information content (AvgIpc) is 2.41. The summed E-state index contributed by atoms with van der Waals surface area (Å²) in [5.41, 5.74) is 2.21. The Morgan fingerprint density at radius 1 is 1.33 bits per heavy atom. The molecule has 0 bridgehead atoms. The second-order valence-corrected chi connectivity index (χ2v) is 4.94. The van der Waals surface area contributed by atoms with Gasteiger partial charge in [0, 0.05) is 42.7 Å². The van der Waals surface area contributed by atoms with Crippen LogP contribution >= 0.6 is 0 Å². The van der Waals surface area contributed by atoms with Crippen LogP contribution in [0.25, 0.3) is 10.9 Å². The summed E-state index contributed by atoms with van der Waals surface area (Å²) in [6.45, 7) is 3.66. The maximum atomic E-state index is 11.5. The van der Waals surface area contributed by atoms with Crippen molar-refractivity contribution in [1.82, 2.24) is 4.98 Å². The smallest absolute Gasteiger partial charge is 0.139 e. The number of rotatable bonds is 1. The van der Waals surface area contributed by atoms with Gasteiger partial charge in [-0.2, -0.15) is 0 Å². The normalized spacial score (nSPS) is 20.4. The number of benzene rings is 1. The predicted molar refractivity (Wildman–Crippen MR) is 72.7 cm³/mol. The van der Waals surface area contributed by atoms with Gasteiger partial charge in [0.2, 0.25) is 0 Å². The van der Waals surface area contributed by atoms with E-state index in [0.29, 0.717) is 12.2 Å². The molecule has 1 aliphatic heterocycles. The van der Waals surface area contributed by atoms with Crippen molar-refractivity contribution >= 4 is 22.4 Å². The van der Waals surface area contributed by atoms with Crippen molar-refractivity contribution in [2.45, 2.75) is 13.3 Å². The third kappa shape index (κ3) is 1.96. The van der Waals surface area contributed by atoms with Crippen LogP contribution in [0.1, 0.15) is 13.3 Å². The summed E-state index contributed by atoms with van der Waals surface area (Å²) in [6.07, 6.45) is 2.47. The number of hydrogen-bond donors (Lipinski definition) is 0. The van der Waals surface area contributed by atoms with Crippen molar-refractivity contribution in [3.05, 3.63) is 36.5 Å². The van der Waals surface area contributed by atoms with Gasteiger partial charge in [-0.25, -0.2) is 0 Å². The molecule has 1 saturated heterocycles. The molecule has 3 heteroatoms. The fraction of sp³-hybridized carbons (Fsp3) is 0.333. The Labute approximate surface area is 106 Å². The predicted octanol–water partition coefficient (Wildman–Crippen LogP) is 2.65. The fourth-order valence-corrected chi connectivity index (χ4v) is 2.51. The molecule has 92 valence electrons. The Morgan fingerprint density at radius 2 is 2.22 bits per heavy atom. The van der Waals surface area contributed by atoms with Crippen LogP contribution in [0, 0.1) is 5.92 Å². The van der Waals surface area contributed by atoms with Gasteiger partial charge in [0.25, 0.3) is 0 Å². The number of carbonyl (C=O) groups excluding carboxylic acids is 1. The molecule has 1 atom stereocenters. The molecule has 0 radical (unpaired) electrons. The monoisotopic (exact) mass is 240 g/mol. The van der Waals surface area contributed by atoms with Gasteiger partial charge < -0.3 is 4.90 Å². The van der Waals surface area contributed by atoms with Gasteiger partial charge >= 0.3 is 0 Å². The lowest BCUT2D eigenvalue weighted by Crippen LogP contribution is -2.39. The number of Topliss-reactive ketones (excluding diaryl/α,β-unsaturated/α-hetero) is 1. The lowest BCUT2D eigenvalue weighted by atomic mass is 9.98. The van der Waals surface area contributed by atoms with Crippen molar-refractivity contribution < 1.29 is 4.79 Å². The van der Waals surface area contributed by atoms with Gasteiger partial charge in [0.15, 0.2) is 0 Å². The highest BCUT2D eigenvalue weighted by Crippen LogP contribution is 2.24. The zero-order valence-electron chi connectivity index (χ0n) is 10.5. The molecular weight excluding hydrogens is 224 g/mol. The number of fused-ring (bicyclic) bond motifs is 1. The lowest BCUT2D eigenvalue weighted by molar-refractivity contribution is -0.122. The molecule has 1 unspecified atom stereocenters. The van der Waals surface area contributed by atoms with E-state index in [4.69, 9.17) is 0 Å². The van der Waals surface area contributed by atoms with E-state index in [0.717, 1.165) is 24.0 Å². The quantitative estimate of drug-likeness (QED) is 0.768. The zero-order chi connectivity index (χ0) is 12.5. The lowest BCUT2D eigenvalue weighted by Gasteiger charge is -2.32. The summed E-state index contributed by atoms with van der Waals surface area (Å²) in [5.74, 6) is 0.525. The Balaban J connectivity index is 1.92. The van der Waals surface area contributed by atoms with E-state index in [-0.39, 0.29) is 5.92 Å². The number of hydrogen-bond acceptors (Lipinski definition) is 3. The molecule has 0 N–H and O–H groups in total. The third-order valence-corrected chi connectivity index (χ3v) is 3.62. The molecule has 0 aliphatic carbocycles. The first-order valence-corrected chi connectivity index (χ1v) is 6.36. The maximum absolute atomic E-state index is 11.5. The number of anilines is 1. The van der Waals surface area contributed by atoms with Crippen LogP contribution in [-0.4, -0.2) is 23.9 Å². The summed E-state index contributed by atoms with van der Waals surface area (Å²) < 4.78 is 0. The fourth-order valence-electron chi connectivity index (χ4n) is 2.51. The number of piperidine rings is 1. The summed E-state index contributed by atoms with van der Waals surface area (Å²) in [4.78, 5) is 18.2. The number of pyridine rings is 1. The van der Waals surface area contributed by atoms with Gasteiger partial charge in [0.1, 0.15) is 5.78 Å². The van der Waals surface area contributed by atoms with Crippen LogP contribution in [0.2, 0.25) is 0 Å². The van der Waals surface area contributed by atoms with E-state index in [1.807, 2.05) is 25.3 Å². The second kappa shape index (κ2) is 4.41. The Hall–Kier alpha value is -1.90. The van der Waals surface area contributed by atoms with Crippen LogP contribution < -0.4 is 4.90 Å². The molecule has 1 aromatic heterocycles. The van der Waals surface area contributed by atoms with Crippen LogP contribution in [-0.2, 0) is 4.79 Å². The maximum Gasteiger partial charge on any atom is 0.139 e. The average molecular weight is 240 g/mol. The summed E-state index contributed by atoms with van der Waals surface area (Å²) >= 11 is 0. The molecule has 3 rings (SSSR count). The van der Waals surface area contributed by atoms with E-state index >= 15 is 0 Å². The van der Waals surface area contributed by atoms with Gasteiger partial charge in [-0.15, -0.1) is 0 Å². The Bertz CT molecular complexity index is 594. The molecule has 0 saturated carbocycles. The standard InChI is InChI=1S/C15H16N2O/c1-11-10-17(8-6-15(11)18)13-4-5-14-12(9-13)3-2-7-16-14/h2-5,7,9,11H,6,8,10H2,1H3. The first kappa shape index (κ1) is 11.2. The third-order valence-electron chi connectivity index (χ3n) is 3.62. The molecule has 2 aromatic rings. The highest BCUT2D eigenvalue weighted by atomic mass is 16.1. The minimum absolute atomic E-state index is 0.142. The molecule has 2 heterocycles. The summed E-state index contributed by atoms with van der Waals surface area (Å²) in [7, 11) is 0. The second-order valence-electron chi connectivity index (χ2n) is 4.94. The minimum Gasteiger partial charge on any atom is -0.370 e. The van der Waals surface area contributed by atoms with Crippen LogP contribution in [0.15, 0.2) is 36.5 Å². The molecule has 1 aliphatic rings. The van der Waals surface area contributed by atoms with Crippen molar-refractivity contribution in [3.63, 3.8) is 0 Å². The number of aromatic nitrogens is 1. The number of ketones is 1. The summed E-state index contributed by atoms with van der Waals surface area (Å²) in [6, 6.07) is 10.3. The van der Waals surface area contributed by atoms with E-state index in [1.54, 1.807) is 0 Å². The largest absolute Gasteiger partial charge is 0.370 e. The van der Waals surface area contributed by atoms with Gasteiger partial charge in [-0.05, 0) is 24.3 Å². The van der Waals surface area contributed by atoms with Crippen molar-refractivity contribution in [1.29, 1.82) is 0 Å². The van der Waals surface area contributed by atoms with E-state index in [1.165, 1.54) is 5.69 Å². The van der Waals surface area contributed by atoms with Crippen molar-refractivity contribution in [2.75, 3.05) is 18.0 Å². The highest BCUT2D eigenvalue weighted by Gasteiger charge is 2.23. The van der Waals surface area contributed by atoms with E-state index in [9.17, 15) is 4.79 Å². The first-order valence-electron chi connectivity index (χ1n) is 6.36. The molecule has 1 aromatic carbocycles. The van der Waals surface area contributed by atoms with Crippen LogP contribution in [0.4, 0.5) is 5.69 Å².